The van der Waals surface area contributed by atoms with Gasteiger partial charge in [-0.15, -0.1) is 0 Å². The van der Waals surface area contributed by atoms with Gasteiger partial charge in [-0.25, -0.2) is 0 Å². The van der Waals surface area contributed by atoms with Gasteiger partial charge in [0.2, 0.25) is 5.88 Å². The molecule has 1 N–H and O–H groups in total. The van der Waals surface area contributed by atoms with Crippen molar-refractivity contribution in [3.05, 3.63) is 12.4 Å². The molecule has 0 radical (unpaired) electrons. The van der Waals surface area contributed by atoms with E-state index in [0.717, 1.165) is 43.8 Å². The number of rotatable bonds is 3. The lowest BCUT2D eigenvalue weighted by atomic mass is 10.0. The first-order valence-electron chi connectivity index (χ1n) is 6.27. The number of anilines is 1. The van der Waals surface area contributed by atoms with Crippen molar-refractivity contribution in [2.45, 2.75) is 6.92 Å². The van der Waals surface area contributed by atoms with Crippen molar-refractivity contribution in [1.82, 2.24) is 15.3 Å². The van der Waals surface area contributed by atoms with E-state index >= 15 is 0 Å². The molecule has 0 saturated carbocycles. The molecule has 2 aliphatic rings. The Hall–Kier alpha value is -1.36. The molecule has 1 aromatic heterocycles. The van der Waals surface area contributed by atoms with Gasteiger partial charge in [-0.05, 0) is 18.8 Å². The number of hydrogen-bond donors (Lipinski definition) is 1. The Morgan fingerprint density at radius 3 is 2.82 bits per heavy atom. The molecule has 2 aliphatic heterocycles. The van der Waals surface area contributed by atoms with E-state index in [2.05, 4.69) is 20.2 Å². The number of nitrogens with one attached hydrogen (secondary N) is 1. The van der Waals surface area contributed by atoms with Crippen molar-refractivity contribution in [3.8, 4) is 5.88 Å². The zero-order valence-electron chi connectivity index (χ0n) is 10.1. The van der Waals surface area contributed by atoms with Crippen LogP contribution in [0, 0.1) is 11.8 Å². The van der Waals surface area contributed by atoms with Crippen molar-refractivity contribution < 1.29 is 4.74 Å². The Kier molecular flexibility index (Phi) is 2.84. The minimum absolute atomic E-state index is 0.625. The summed E-state index contributed by atoms with van der Waals surface area (Å²) in [6.07, 6.45) is 3.50. The Morgan fingerprint density at radius 2 is 2.12 bits per heavy atom. The predicted molar refractivity (Wildman–Crippen MR) is 65.3 cm³/mol. The number of nitrogens with zero attached hydrogens (tertiary/aromatic N) is 3. The van der Waals surface area contributed by atoms with E-state index in [4.69, 9.17) is 4.74 Å². The van der Waals surface area contributed by atoms with Gasteiger partial charge in [0.05, 0.1) is 19.0 Å². The molecule has 0 spiro atoms. The Morgan fingerprint density at radius 1 is 1.35 bits per heavy atom. The molecular formula is C12H18N4O. The summed E-state index contributed by atoms with van der Waals surface area (Å²) in [7, 11) is 0. The minimum atomic E-state index is 0.625. The lowest BCUT2D eigenvalue weighted by Crippen LogP contribution is -2.26. The van der Waals surface area contributed by atoms with E-state index in [1.807, 2.05) is 13.1 Å². The first-order chi connectivity index (χ1) is 8.36. The molecule has 0 aliphatic carbocycles. The van der Waals surface area contributed by atoms with Crippen LogP contribution in [0.25, 0.3) is 0 Å². The van der Waals surface area contributed by atoms with E-state index in [1.165, 1.54) is 0 Å². The average Bonchev–Trinajstić information content (AvgIpc) is 2.89. The highest BCUT2D eigenvalue weighted by atomic mass is 16.5. The maximum Gasteiger partial charge on any atom is 0.234 e. The molecule has 3 heterocycles. The third-order valence-electron chi connectivity index (χ3n) is 3.61. The van der Waals surface area contributed by atoms with Gasteiger partial charge in [0.25, 0.3) is 0 Å². The lowest BCUT2D eigenvalue weighted by molar-refractivity contribution is 0.325. The molecular weight excluding hydrogens is 216 g/mol. The normalized spacial score (nSPS) is 27.2. The van der Waals surface area contributed by atoms with Crippen LogP contribution >= 0.6 is 0 Å². The number of fused-ring (bicyclic) bond motifs is 1. The molecule has 2 atom stereocenters. The quantitative estimate of drug-likeness (QED) is 0.827. The van der Waals surface area contributed by atoms with Crippen molar-refractivity contribution in [1.29, 1.82) is 0 Å². The Balaban J connectivity index is 1.74. The molecule has 5 nitrogen and oxygen atoms in total. The van der Waals surface area contributed by atoms with Crippen LogP contribution in [0.5, 0.6) is 5.88 Å². The first-order valence-corrected chi connectivity index (χ1v) is 6.27. The van der Waals surface area contributed by atoms with Gasteiger partial charge < -0.3 is 15.0 Å². The molecule has 1 aromatic rings. The molecule has 5 heteroatoms. The standard InChI is InChI=1S/C12H18N4O/c1-2-17-12-6-14-5-11(15-12)16-7-9-3-13-4-10(9)8-16/h5-6,9-10,13H,2-4,7-8H2,1H3. The molecule has 2 saturated heterocycles. The molecule has 0 bridgehead atoms. The van der Waals surface area contributed by atoms with Crippen LogP contribution in [0.3, 0.4) is 0 Å². The summed E-state index contributed by atoms with van der Waals surface area (Å²) < 4.78 is 5.39. The first kappa shape index (κ1) is 10.8. The lowest BCUT2D eigenvalue weighted by Gasteiger charge is -2.18. The number of hydrogen-bond acceptors (Lipinski definition) is 5. The number of ether oxygens (including phenoxy) is 1. The Bertz CT molecular complexity index is 386. The summed E-state index contributed by atoms with van der Waals surface area (Å²) in [5.74, 6) is 3.12. The minimum Gasteiger partial charge on any atom is -0.477 e. The van der Waals surface area contributed by atoms with Crippen LogP contribution in [0.4, 0.5) is 5.82 Å². The molecule has 17 heavy (non-hydrogen) atoms. The van der Waals surface area contributed by atoms with Crippen LogP contribution in [0.15, 0.2) is 12.4 Å². The van der Waals surface area contributed by atoms with Crippen molar-refractivity contribution in [2.75, 3.05) is 37.7 Å². The summed E-state index contributed by atoms with van der Waals surface area (Å²) in [4.78, 5) is 11.0. The fraction of sp³-hybridized carbons (Fsp3) is 0.667. The molecule has 2 fully saturated rings. The highest BCUT2D eigenvalue weighted by Gasteiger charge is 2.36. The van der Waals surface area contributed by atoms with E-state index in [9.17, 15) is 0 Å². The van der Waals surface area contributed by atoms with Gasteiger partial charge in [-0.2, -0.15) is 4.98 Å². The van der Waals surface area contributed by atoms with Gasteiger partial charge in [0, 0.05) is 26.2 Å². The van der Waals surface area contributed by atoms with Crippen molar-refractivity contribution >= 4 is 5.82 Å². The summed E-state index contributed by atoms with van der Waals surface area (Å²) in [6, 6.07) is 0. The van der Waals surface area contributed by atoms with Gasteiger partial charge in [-0.3, -0.25) is 4.98 Å². The molecule has 92 valence electrons. The number of aromatic nitrogens is 2. The molecule has 3 rings (SSSR count). The second-order valence-corrected chi connectivity index (χ2v) is 4.73. The third-order valence-corrected chi connectivity index (χ3v) is 3.61. The molecule has 0 aromatic carbocycles. The highest BCUT2D eigenvalue weighted by molar-refractivity contribution is 5.39. The van der Waals surface area contributed by atoms with Crippen LogP contribution in [0.2, 0.25) is 0 Å². The SMILES string of the molecule is CCOc1cncc(N2CC3CNCC3C2)n1. The zero-order valence-corrected chi connectivity index (χ0v) is 10.1. The highest BCUT2D eigenvalue weighted by Crippen LogP contribution is 2.29. The van der Waals surface area contributed by atoms with Crippen molar-refractivity contribution in [3.63, 3.8) is 0 Å². The maximum absolute atomic E-state index is 5.39. The van der Waals surface area contributed by atoms with Gasteiger partial charge in [0.1, 0.15) is 0 Å². The molecule has 0 amide bonds. The second kappa shape index (κ2) is 4.49. The van der Waals surface area contributed by atoms with Gasteiger partial charge in [-0.1, -0.05) is 0 Å². The van der Waals surface area contributed by atoms with Crippen LogP contribution in [0.1, 0.15) is 6.92 Å². The Labute approximate surface area is 101 Å². The summed E-state index contributed by atoms with van der Waals surface area (Å²) in [5, 5.41) is 3.44. The monoisotopic (exact) mass is 234 g/mol. The summed E-state index contributed by atoms with van der Waals surface area (Å²) in [6.45, 7) is 7.04. The van der Waals surface area contributed by atoms with E-state index in [1.54, 1.807) is 6.20 Å². The smallest absolute Gasteiger partial charge is 0.234 e. The topological polar surface area (TPSA) is 50.3 Å². The second-order valence-electron chi connectivity index (χ2n) is 4.73. The fourth-order valence-electron chi connectivity index (χ4n) is 2.75. The predicted octanol–water partition coefficient (Wildman–Crippen LogP) is 0.531. The van der Waals surface area contributed by atoms with Crippen molar-refractivity contribution in [2.24, 2.45) is 11.8 Å². The van der Waals surface area contributed by atoms with Crippen LogP contribution in [-0.2, 0) is 0 Å². The van der Waals surface area contributed by atoms with Gasteiger partial charge in [0.15, 0.2) is 5.82 Å². The summed E-state index contributed by atoms with van der Waals surface area (Å²) in [5.41, 5.74) is 0. The van der Waals surface area contributed by atoms with E-state index < -0.39 is 0 Å². The van der Waals surface area contributed by atoms with E-state index in [0.29, 0.717) is 12.5 Å². The zero-order chi connectivity index (χ0) is 11.7. The van der Waals surface area contributed by atoms with Crippen LogP contribution in [-0.4, -0.2) is 42.8 Å². The van der Waals surface area contributed by atoms with Crippen LogP contribution < -0.4 is 15.0 Å². The fourth-order valence-corrected chi connectivity index (χ4v) is 2.75. The molecule has 2 unspecified atom stereocenters. The third kappa shape index (κ3) is 2.07. The maximum atomic E-state index is 5.39. The van der Waals surface area contributed by atoms with E-state index in [-0.39, 0.29) is 0 Å². The van der Waals surface area contributed by atoms with Gasteiger partial charge >= 0.3 is 0 Å². The average molecular weight is 234 g/mol. The summed E-state index contributed by atoms with van der Waals surface area (Å²) >= 11 is 0. The largest absolute Gasteiger partial charge is 0.477 e.